The number of rotatable bonds is 9. The molecule has 0 radical (unpaired) electrons. The number of halogens is 2. The molecule has 1 atom stereocenters. The van der Waals surface area contributed by atoms with Gasteiger partial charge in [0.25, 0.3) is 0 Å². The van der Waals surface area contributed by atoms with Crippen LogP contribution in [0.15, 0.2) is 96.4 Å². The second kappa shape index (κ2) is 12.9. The molecule has 7 nitrogen and oxygen atoms in total. The maximum atomic E-state index is 12.8. The molecule has 1 aliphatic heterocycles. The number of nitriles is 1. The maximum absolute atomic E-state index is 12.8. The van der Waals surface area contributed by atoms with Crippen LogP contribution in [0.2, 0.25) is 10.0 Å². The van der Waals surface area contributed by atoms with Crippen molar-refractivity contribution in [2.45, 2.75) is 25.9 Å². The van der Waals surface area contributed by atoms with E-state index >= 15 is 0 Å². The molecule has 4 aromatic carbocycles. The van der Waals surface area contributed by atoms with E-state index in [9.17, 15) is 10.1 Å². The van der Waals surface area contributed by atoms with Crippen molar-refractivity contribution in [2.24, 2.45) is 5.73 Å². The summed E-state index contributed by atoms with van der Waals surface area (Å²) in [7, 11) is 0. The molecular weight excluding hydrogens is 575 g/mol. The van der Waals surface area contributed by atoms with Crippen molar-refractivity contribution in [1.29, 1.82) is 5.26 Å². The second-order valence-electron chi connectivity index (χ2n) is 9.48. The Morgan fingerprint density at radius 1 is 0.952 bits per heavy atom. The average molecular weight is 601 g/mol. The molecule has 5 rings (SSSR count). The van der Waals surface area contributed by atoms with Crippen LogP contribution < -0.4 is 24.7 Å². The van der Waals surface area contributed by atoms with Crippen LogP contribution in [0, 0.1) is 11.3 Å². The first kappa shape index (κ1) is 28.9. The maximum Gasteiger partial charge on any atom is 0.343 e. The van der Waals surface area contributed by atoms with Gasteiger partial charge in [0.2, 0.25) is 5.88 Å². The number of fused-ring (bicyclic) bond motifs is 1. The number of nitrogens with zero attached hydrogens (tertiary/aromatic N) is 1. The summed E-state index contributed by atoms with van der Waals surface area (Å²) in [5.41, 5.74) is 9.06. The van der Waals surface area contributed by atoms with Gasteiger partial charge >= 0.3 is 5.97 Å². The number of allylic oxidation sites excluding steroid dienone is 1. The van der Waals surface area contributed by atoms with E-state index in [1.54, 1.807) is 54.6 Å². The van der Waals surface area contributed by atoms with Crippen LogP contribution in [-0.4, -0.2) is 12.6 Å². The zero-order chi connectivity index (χ0) is 29.6. The monoisotopic (exact) mass is 600 g/mol. The van der Waals surface area contributed by atoms with Crippen LogP contribution in [0.5, 0.6) is 23.0 Å². The predicted octanol–water partition coefficient (Wildman–Crippen LogP) is 7.80. The first-order valence-electron chi connectivity index (χ1n) is 13.2. The summed E-state index contributed by atoms with van der Waals surface area (Å²) >= 11 is 12.3. The molecule has 0 aliphatic carbocycles. The van der Waals surface area contributed by atoms with Gasteiger partial charge in [-0.3, -0.25) is 0 Å². The molecule has 2 N–H and O–H groups in total. The van der Waals surface area contributed by atoms with Gasteiger partial charge in [-0.15, -0.1) is 0 Å². The summed E-state index contributed by atoms with van der Waals surface area (Å²) < 4.78 is 23.0. The van der Waals surface area contributed by atoms with Crippen LogP contribution in [-0.2, 0) is 6.61 Å². The number of hydrogen-bond acceptors (Lipinski definition) is 7. The normalized spacial score (nSPS) is 13.9. The van der Waals surface area contributed by atoms with Crippen LogP contribution in [0.1, 0.15) is 46.3 Å². The van der Waals surface area contributed by atoms with E-state index < -0.39 is 11.9 Å². The summed E-state index contributed by atoms with van der Waals surface area (Å²) in [4.78, 5) is 12.8. The van der Waals surface area contributed by atoms with Gasteiger partial charge in [0, 0.05) is 27.2 Å². The number of carbonyl (C=O) groups is 1. The Morgan fingerprint density at radius 2 is 1.74 bits per heavy atom. The lowest BCUT2D eigenvalue weighted by atomic mass is 9.83. The minimum Gasteiger partial charge on any atom is -0.494 e. The van der Waals surface area contributed by atoms with Gasteiger partial charge in [-0.2, -0.15) is 5.26 Å². The quantitative estimate of drug-likeness (QED) is 0.154. The van der Waals surface area contributed by atoms with Gasteiger partial charge in [-0.25, -0.2) is 4.79 Å². The van der Waals surface area contributed by atoms with Crippen molar-refractivity contribution in [1.82, 2.24) is 0 Å². The Bertz CT molecular complexity index is 1700. The summed E-state index contributed by atoms with van der Waals surface area (Å²) in [5.74, 6) is 0.830. The van der Waals surface area contributed by atoms with Crippen molar-refractivity contribution < 1.29 is 23.7 Å². The van der Waals surface area contributed by atoms with Gasteiger partial charge in [0.15, 0.2) is 0 Å². The van der Waals surface area contributed by atoms with Gasteiger partial charge in [0.1, 0.15) is 41.2 Å². The molecule has 42 heavy (non-hydrogen) atoms. The Labute approximate surface area is 253 Å². The molecule has 1 heterocycles. The van der Waals surface area contributed by atoms with Crippen molar-refractivity contribution in [3.8, 4) is 29.1 Å². The largest absolute Gasteiger partial charge is 0.494 e. The van der Waals surface area contributed by atoms with Crippen molar-refractivity contribution in [3.05, 3.63) is 129 Å². The molecule has 9 heteroatoms. The molecular formula is C33H26Cl2N2O5. The molecule has 212 valence electrons. The first-order chi connectivity index (χ1) is 20.4. The fourth-order valence-electron chi connectivity index (χ4n) is 4.50. The van der Waals surface area contributed by atoms with Crippen LogP contribution in [0.3, 0.4) is 0 Å². The molecule has 0 bridgehead atoms. The zero-order valence-electron chi connectivity index (χ0n) is 22.6. The van der Waals surface area contributed by atoms with E-state index in [4.69, 9.17) is 47.9 Å². The molecule has 0 saturated heterocycles. The minimum absolute atomic E-state index is 0.0274. The molecule has 1 aliphatic rings. The first-order valence-corrected chi connectivity index (χ1v) is 13.9. The van der Waals surface area contributed by atoms with E-state index in [-0.39, 0.29) is 23.8 Å². The van der Waals surface area contributed by atoms with Gasteiger partial charge < -0.3 is 24.7 Å². The van der Waals surface area contributed by atoms with E-state index in [2.05, 4.69) is 6.07 Å². The zero-order valence-corrected chi connectivity index (χ0v) is 24.1. The summed E-state index contributed by atoms with van der Waals surface area (Å²) in [6.07, 6.45) is 0.888. The average Bonchev–Trinajstić information content (AvgIpc) is 2.99. The molecule has 1 unspecified atom stereocenters. The van der Waals surface area contributed by atoms with Crippen LogP contribution >= 0.6 is 23.2 Å². The molecule has 0 fully saturated rings. The van der Waals surface area contributed by atoms with E-state index in [1.165, 1.54) is 0 Å². The van der Waals surface area contributed by atoms with E-state index in [0.717, 1.165) is 17.5 Å². The molecule has 4 aromatic rings. The third-order valence-corrected chi connectivity index (χ3v) is 7.15. The van der Waals surface area contributed by atoms with E-state index in [1.807, 2.05) is 37.3 Å². The minimum atomic E-state index is -0.531. The third kappa shape index (κ3) is 6.46. The van der Waals surface area contributed by atoms with Crippen molar-refractivity contribution in [3.63, 3.8) is 0 Å². The Balaban J connectivity index is 1.37. The summed E-state index contributed by atoms with van der Waals surface area (Å²) in [6, 6.07) is 26.5. The highest BCUT2D eigenvalue weighted by Crippen LogP contribution is 2.44. The van der Waals surface area contributed by atoms with Gasteiger partial charge in [0.05, 0.1) is 18.1 Å². The molecule has 0 aromatic heterocycles. The van der Waals surface area contributed by atoms with Gasteiger partial charge in [-0.1, -0.05) is 54.4 Å². The number of nitrogens with two attached hydrogens (primary N) is 1. The predicted molar refractivity (Wildman–Crippen MR) is 160 cm³/mol. The smallest absolute Gasteiger partial charge is 0.343 e. The molecule has 0 spiro atoms. The number of benzene rings is 4. The Morgan fingerprint density at radius 3 is 2.48 bits per heavy atom. The fourth-order valence-corrected chi connectivity index (χ4v) is 4.96. The standard InChI is InChI=1S/C33H26Cl2N2O5/c1-2-14-39-24-10-7-20(8-11-24)33(38)41-26-12-13-27-30(17-26)42-32(37)28(18-36)31(27)21-4-3-5-25(15-21)40-19-22-6-9-23(34)16-29(22)35/h3-13,15-17,31H,2,14,19,37H2,1H3. The molecule has 0 amide bonds. The topological polar surface area (TPSA) is 104 Å². The van der Waals surface area contributed by atoms with E-state index in [0.29, 0.717) is 45.0 Å². The summed E-state index contributed by atoms with van der Waals surface area (Å²) in [5, 5.41) is 11.0. The number of carbonyl (C=O) groups excluding carboxylic acids is 1. The highest BCUT2D eigenvalue weighted by Gasteiger charge is 2.31. The van der Waals surface area contributed by atoms with Crippen molar-refractivity contribution >= 4 is 29.2 Å². The number of esters is 1. The number of ether oxygens (including phenoxy) is 4. The Hall–Kier alpha value is -4.64. The lowest BCUT2D eigenvalue weighted by Crippen LogP contribution is -2.21. The summed E-state index contributed by atoms with van der Waals surface area (Å²) in [6.45, 7) is 2.85. The van der Waals surface area contributed by atoms with Crippen LogP contribution in [0.25, 0.3) is 0 Å². The fraction of sp³-hybridized carbons (Fsp3) is 0.152. The Kier molecular flexibility index (Phi) is 8.87. The lowest BCUT2D eigenvalue weighted by molar-refractivity contribution is 0.0734. The highest BCUT2D eigenvalue weighted by molar-refractivity contribution is 6.35. The van der Waals surface area contributed by atoms with Crippen LogP contribution in [0.4, 0.5) is 0 Å². The SMILES string of the molecule is CCCOc1ccc(C(=O)Oc2ccc3c(c2)OC(N)=C(C#N)C3c2cccc(OCc3ccc(Cl)cc3Cl)c2)cc1. The molecule has 0 saturated carbocycles. The second-order valence-corrected chi connectivity index (χ2v) is 10.3. The third-order valence-electron chi connectivity index (χ3n) is 6.56. The van der Waals surface area contributed by atoms with Crippen molar-refractivity contribution in [2.75, 3.05) is 6.61 Å². The van der Waals surface area contributed by atoms with Gasteiger partial charge in [-0.05, 0) is 66.6 Å². The number of hydrogen-bond donors (Lipinski definition) is 1. The lowest BCUT2D eigenvalue weighted by Gasteiger charge is -2.27. The highest BCUT2D eigenvalue weighted by atomic mass is 35.5.